The van der Waals surface area contributed by atoms with Gasteiger partial charge in [-0.3, -0.25) is 9.78 Å². The Morgan fingerprint density at radius 1 is 1.11 bits per heavy atom. The van der Waals surface area contributed by atoms with Gasteiger partial charge in [-0.1, -0.05) is 30.3 Å². The van der Waals surface area contributed by atoms with E-state index >= 15 is 0 Å². The first-order chi connectivity index (χ1) is 8.70. The molecule has 1 aromatic heterocycles. The molecule has 0 saturated heterocycles. The van der Waals surface area contributed by atoms with Crippen molar-refractivity contribution in [3.8, 4) is 0 Å². The normalized spacial score (nSPS) is 11.9. The number of amides is 1. The smallest absolute Gasteiger partial charge is 0.233 e. The van der Waals surface area contributed by atoms with Crippen LogP contribution in [0.1, 0.15) is 18.4 Å². The van der Waals surface area contributed by atoms with Crippen LogP contribution in [0.15, 0.2) is 54.9 Å². The number of carbonyl (C=O) groups is 1. The highest BCUT2D eigenvalue weighted by Crippen LogP contribution is 2.20. The average Bonchev–Trinajstić information content (AvgIpc) is 2.47. The maximum absolute atomic E-state index is 12.3. The summed E-state index contributed by atoms with van der Waals surface area (Å²) in [5, 5.41) is 0. The number of aromatic nitrogens is 1. The Balaban J connectivity index is 2.17. The Morgan fingerprint density at radius 2 is 1.72 bits per heavy atom. The highest BCUT2D eigenvalue weighted by Gasteiger charge is 2.19. The molecule has 3 nitrogen and oxygen atoms in total. The number of pyridine rings is 1. The van der Waals surface area contributed by atoms with Crippen LogP contribution in [0.3, 0.4) is 0 Å². The third-order valence-corrected chi connectivity index (χ3v) is 3.05. The van der Waals surface area contributed by atoms with Crippen molar-refractivity contribution < 1.29 is 4.79 Å². The molecular weight excluding hydrogens is 224 g/mol. The van der Waals surface area contributed by atoms with E-state index in [4.69, 9.17) is 0 Å². The maximum Gasteiger partial charge on any atom is 0.233 e. The Kier molecular flexibility index (Phi) is 3.72. The molecule has 0 fully saturated rings. The maximum atomic E-state index is 12.3. The summed E-state index contributed by atoms with van der Waals surface area (Å²) >= 11 is 0. The van der Waals surface area contributed by atoms with E-state index < -0.39 is 0 Å². The lowest BCUT2D eigenvalue weighted by atomic mass is 10.00. The minimum atomic E-state index is -0.149. The number of nitrogens with zero attached hydrogens (tertiary/aromatic N) is 2. The monoisotopic (exact) mass is 240 g/mol. The lowest BCUT2D eigenvalue weighted by Crippen LogP contribution is -2.30. The molecule has 0 aliphatic carbocycles. The summed E-state index contributed by atoms with van der Waals surface area (Å²) in [6, 6.07) is 13.5. The van der Waals surface area contributed by atoms with E-state index in [2.05, 4.69) is 4.98 Å². The van der Waals surface area contributed by atoms with Gasteiger partial charge in [0.25, 0.3) is 0 Å². The van der Waals surface area contributed by atoms with Crippen LogP contribution in [0.2, 0.25) is 0 Å². The number of carbonyl (C=O) groups excluding carboxylic acids is 1. The van der Waals surface area contributed by atoms with Crippen LogP contribution in [-0.2, 0) is 4.79 Å². The number of hydrogen-bond acceptors (Lipinski definition) is 2. The van der Waals surface area contributed by atoms with Gasteiger partial charge in [-0.15, -0.1) is 0 Å². The molecule has 0 aliphatic rings. The Labute approximate surface area is 107 Å². The van der Waals surface area contributed by atoms with Crippen molar-refractivity contribution in [1.29, 1.82) is 0 Å². The molecule has 0 N–H and O–H groups in total. The molecule has 1 heterocycles. The van der Waals surface area contributed by atoms with Gasteiger partial charge >= 0.3 is 0 Å². The zero-order valence-electron chi connectivity index (χ0n) is 10.6. The van der Waals surface area contributed by atoms with Gasteiger partial charge in [0, 0.05) is 25.1 Å². The molecule has 0 bridgehead atoms. The fourth-order valence-corrected chi connectivity index (χ4v) is 1.87. The van der Waals surface area contributed by atoms with Gasteiger partial charge in [0.15, 0.2) is 0 Å². The molecule has 1 amide bonds. The molecule has 3 heteroatoms. The molecule has 0 radical (unpaired) electrons. The fourth-order valence-electron chi connectivity index (χ4n) is 1.87. The lowest BCUT2D eigenvalue weighted by Gasteiger charge is -2.21. The van der Waals surface area contributed by atoms with Gasteiger partial charge < -0.3 is 4.90 Å². The summed E-state index contributed by atoms with van der Waals surface area (Å²) in [5.41, 5.74) is 1.89. The molecule has 1 aromatic carbocycles. The SMILES string of the molecule is CC(C(=O)N(C)c1ccncc1)c1ccccc1. The van der Waals surface area contributed by atoms with E-state index in [1.54, 1.807) is 24.3 Å². The number of likely N-dealkylation sites (N-methyl/N-ethyl adjacent to an activating group) is 1. The molecule has 1 unspecified atom stereocenters. The summed E-state index contributed by atoms with van der Waals surface area (Å²) in [4.78, 5) is 18.0. The zero-order valence-corrected chi connectivity index (χ0v) is 10.6. The van der Waals surface area contributed by atoms with E-state index in [0.717, 1.165) is 11.3 Å². The van der Waals surface area contributed by atoms with Crippen molar-refractivity contribution in [3.63, 3.8) is 0 Å². The molecule has 0 aliphatic heterocycles. The second kappa shape index (κ2) is 5.45. The van der Waals surface area contributed by atoms with Gasteiger partial charge in [-0.2, -0.15) is 0 Å². The van der Waals surface area contributed by atoms with E-state index in [1.807, 2.05) is 49.4 Å². The molecule has 92 valence electrons. The number of benzene rings is 1. The summed E-state index contributed by atoms with van der Waals surface area (Å²) < 4.78 is 0. The Hall–Kier alpha value is -2.16. The number of hydrogen-bond donors (Lipinski definition) is 0. The molecule has 0 spiro atoms. The zero-order chi connectivity index (χ0) is 13.0. The van der Waals surface area contributed by atoms with Crippen molar-refractivity contribution in [2.75, 3.05) is 11.9 Å². The second-order valence-corrected chi connectivity index (χ2v) is 4.24. The lowest BCUT2D eigenvalue weighted by molar-refractivity contribution is -0.119. The van der Waals surface area contributed by atoms with Gasteiger partial charge in [-0.25, -0.2) is 0 Å². The molecule has 18 heavy (non-hydrogen) atoms. The van der Waals surface area contributed by atoms with Crippen LogP contribution in [0.25, 0.3) is 0 Å². The third-order valence-electron chi connectivity index (χ3n) is 3.05. The van der Waals surface area contributed by atoms with Crippen molar-refractivity contribution in [3.05, 3.63) is 60.4 Å². The number of anilines is 1. The standard InChI is InChI=1S/C15H16N2O/c1-12(13-6-4-3-5-7-13)15(18)17(2)14-8-10-16-11-9-14/h3-12H,1-2H3. The molecule has 1 atom stereocenters. The van der Waals surface area contributed by atoms with Gasteiger partial charge in [0.2, 0.25) is 5.91 Å². The van der Waals surface area contributed by atoms with E-state index in [0.29, 0.717) is 0 Å². The van der Waals surface area contributed by atoms with Crippen molar-refractivity contribution in [2.24, 2.45) is 0 Å². The summed E-state index contributed by atoms with van der Waals surface area (Å²) in [7, 11) is 1.79. The quantitative estimate of drug-likeness (QED) is 0.826. The van der Waals surface area contributed by atoms with Gasteiger partial charge in [0.05, 0.1) is 5.92 Å². The third kappa shape index (κ3) is 2.56. The van der Waals surface area contributed by atoms with Gasteiger partial charge in [-0.05, 0) is 24.6 Å². The van der Waals surface area contributed by atoms with Crippen LogP contribution in [0.4, 0.5) is 5.69 Å². The topological polar surface area (TPSA) is 33.2 Å². The summed E-state index contributed by atoms with van der Waals surface area (Å²) in [6.07, 6.45) is 3.37. The molecular formula is C15H16N2O. The van der Waals surface area contributed by atoms with E-state index in [-0.39, 0.29) is 11.8 Å². The Bertz CT molecular complexity index is 463. The predicted octanol–water partition coefficient (Wildman–Crippen LogP) is 2.85. The first-order valence-electron chi connectivity index (χ1n) is 5.92. The molecule has 2 aromatic rings. The fraction of sp³-hybridized carbons (Fsp3) is 0.200. The Morgan fingerprint density at radius 3 is 2.33 bits per heavy atom. The van der Waals surface area contributed by atoms with Crippen molar-refractivity contribution >= 4 is 11.6 Å². The van der Waals surface area contributed by atoms with E-state index in [1.165, 1.54) is 0 Å². The minimum Gasteiger partial charge on any atom is -0.315 e. The highest BCUT2D eigenvalue weighted by atomic mass is 16.2. The molecule has 2 rings (SSSR count). The van der Waals surface area contributed by atoms with Crippen LogP contribution in [0.5, 0.6) is 0 Å². The second-order valence-electron chi connectivity index (χ2n) is 4.24. The summed E-state index contributed by atoms with van der Waals surface area (Å²) in [6.45, 7) is 1.93. The average molecular weight is 240 g/mol. The van der Waals surface area contributed by atoms with Crippen LogP contribution >= 0.6 is 0 Å². The number of rotatable bonds is 3. The predicted molar refractivity (Wildman–Crippen MR) is 72.5 cm³/mol. The first-order valence-corrected chi connectivity index (χ1v) is 5.92. The van der Waals surface area contributed by atoms with Crippen LogP contribution in [0, 0.1) is 0 Å². The largest absolute Gasteiger partial charge is 0.315 e. The molecule has 0 saturated carbocycles. The van der Waals surface area contributed by atoms with Crippen molar-refractivity contribution in [2.45, 2.75) is 12.8 Å². The van der Waals surface area contributed by atoms with Crippen LogP contribution in [-0.4, -0.2) is 17.9 Å². The highest BCUT2D eigenvalue weighted by molar-refractivity contribution is 5.97. The van der Waals surface area contributed by atoms with Crippen LogP contribution < -0.4 is 4.90 Å². The van der Waals surface area contributed by atoms with E-state index in [9.17, 15) is 4.79 Å². The summed E-state index contributed by atoms with van der Waals surface area (Å²) in [5.74, 6) is -0.0724. The van der Waals surface area contributed by atoms with Gasteiger partial charge in [0.1, 0.15) is 0 Å². The minimum absolute atomic E-state index is 0.0763. The van der Waals surface area contributed by atoms with Crippen molar-refractivity contribution in [1.82, 2.24) is 4.98 Å². The first kappa shape index (κ1) is 12.3.